The molecule has 1 aromatic carbocycles. The standard InChI is InChI=1S/C14H11ClN2.BrH/c1-10-6-7-17-9-13(16-14(17)8-10)11-4-2-3-5-12(11)15;/h2-9H,1H3;1H. The summed E-state index contributed by atoms with van der Waals surface area (Å²) in [6, 6.07) is 11.9. The van der Waals surface area contributed by atoms with Crippen molar-refractivity contribution >= 4 is 34.2 Å². The first-order valence-corrected chi connectivity index (χ1v) is 5.82. The van der Waals surface area contributed by atoms with E-state index in [-0.39, 0.29) is 17.0 Å². The predicted molar refractivity (Wildman–Crippen MR) is 80.7 cm³/mol. The molecule has 18 heavy (non-hydrogen) atoms. The summed E-state index contributed by atoms with van der Waals surface area (Å²) >= 11 is 6.17. The van der Waals surface area contributed by atoms with Crippen LogP contribution in [0.3, 0.4) is 0 Å². The van der Waals surface area contributed by atoms with Gasteiger partial charge in [-0.05, 0) is 30.7 Å². The van der Waals surface area contributed by atoms with Gasteiger partial charge in [-0.1, -0.05) is 29.8 Å². The van der Waals surface area contributed by atoms with E-state index in [9.17, 15) is 0 Å². The fourth-order valence-corrected chi connectivity index (χ4v) is 2.11. The van der Waals surface area contributed by atoms with Crippen LogP contribution in [-0.2, 0) is 0 Å². The Morgan fingerprint density at radius 1 is 1.17 bits per heavy atom. The molecule has 0 fully saturated rings. The van der Waals surface area contributed by atoms with Crippen molar-refractivity contribution in [2.75, 3.05) is 0 Å². The zero-order valence-electron chi connectivity index (χ0n) is 9.80. The molecule has 0 radical (unpaired) electrons. The van der Waals surface area contributed by atoms with Crippen LogP contribution >= 0.6 is 28.6 Å². The second-order valence-corrected chi connectivity index (χ2v) is 4.48. The highest BCUT2D eigenvalue weighted by Gasteiger charge is 2.07. The SMILES string of the molecule is Br.Cc1ccn2cc(-c3ccccc3Cl)nc2c1. The number of benzene rings is 1. The van der Waals surface area contributed by atoms with Crippen LogP contribution in [0.4, 0.5) is 0 Å². The van der Waals surface area contributed by atoms with Crippen molar-refractivity contribution in [3.63, 3.8) is 0 Å². The van der Waals surface area contributed by atoms with E-state index in [2.05, 4.69) is 24.0 Å². The van der Waals surface area contributed by atoms with Gasteiger partial charge in [0.15, 0.2) is 0 Å². The zero-order chi connectivity index (χ0) is 11.8. The third-order valence-electron chi connectivity index (χ3n) is 2.77. The molecule has 0 N–H and O–H groups in total. The van der Waals surface area contributed by atoms with Crippen LogP contribution < -0.4 is 0 Å². The van der Waals surface area contributed by atoms with Crippen molar-refractivity contribution < 1.29 is 0 Å². The van der Waals surface area contributed by atoms with Crippen LogP contribution in [0.5, 0.6) is 0 Å². The zero-order valence-corrected chi connectivity index (χ0v) is 12.3. The lowest BCUT2D eigenvalue weighted by Crippen LogP contribution is -1.81. The van der Waals surface area contributed by atoms with Gasteiger partial charge in [0.05, 0.1) is 10.7 Å². The maximum Gasteiger partial charge on any atom is 0.137 e. The Hall–Kier alpha value is -1.32. The molecule has 2 nitrogen and oxygen atoms in total. The van der Waals surface area contributed by atoms with Gasteiger partial charge in [-0.15, -0.1) is 17.0 Å². The van der Waals surface area contributed by atoms with E-state index < -0.39 is 0 Å². The Labute approximate surface area is 121 Å². The van der Waals surface area contributed by atoms with Crippen LogP contribution in [0.15, 0.2) is 48.8 Å². The van der Waals surface area contributed by atoms with E-state index in [0.29, 0.717) is 0 Å². The molecule has 0 spiro atoms. The van der Waals surface area contributed by atoms with Gasteiger partial charge >= 0.3 is 0 Å². The number of aromatic nitrogens is 2. The van der Waals surface area contributed by atoms with Gasteiger partial charge in [-0.25, -0.2) is 4.98 Å². The van der Waals surface area contributed by atoms with Gasteiger partial charge < -0.3 is 4.40 Å². The molecule has 0 bridgehead atoms. The minimum atomic E-state index is 0. The highest BCUT2D eigenvalue weighted by atomic mass is 79.9. The number of rotatable bonds is 1. The molecule has 0 amide bonds. The summed E-state index contributed by atoms with van der Waals surface area (Å²) in [4.78, 5) is 4.58. The molecule has 3 aromatic rings. The number of aryl methyl sites for hydroxylation is 1. The predicted octanol–water partition coefficient (Wildman–Crippen LogP) is 4.54. The maximum absolute atomic E-state index is 6.17. The number of fused-ring (bicyclic) bond motifs is 1. The highest BCUT2D eigenvalue weighted by Crippen LogP contribution is 2.26. The van der Waals surface area contributed by atoms with Crippen molar-refractivity contribution in [1.82, 2.24) is 9.38 Å². The molecule has 0 aliphatic rings. The fourth-order valence-electron chi connectivity index (χ4n) is 1.88. The molecular weight excluding hydrogens is 312 g/mol. The number of hydrogen-bond donors (Lipinski definition) is 0. The van der Waals surface area contributed by atoms with Crippen molar-refractivity contribution in [1.29, 1.82) is 0 Å². The largest absolute Gasteiger partial charge is 0.306 e. The van der Waals surface area contributed by atoms with E-state index in [1.807, 2.05) is 41.1 Å². The first-order valence-electron chi connectivity index (χ1n) is 5.44. The molecule has 0 saturated carbocycles. The van der Waals surface area contributed by atoms with E-state index in [1.54, 1.807) is 0 Å². The van der Waals surface area contributed by atoms with Crippen molar-refractivity contribution in [2.45, 2.75) is 6.92 Å². The van der Waals surface area contributed by atoms with E-state index in [0.717, 1.165) is 21.9 Å². The Bertz CT molecular complexity index is 691. The topological polar surface area (TPSA) is 17.3 Å². The second kappa shape index (κ2) is 5.12. The summed E-state index contributed by atoms with van der Waals surface area (Å²) < 4.78 is 2.01. The summed E-state index contributed by atoms with van der Waals surface area (Å²) in [7, 11) is 0. The molecule has 0 atom stereocenters. The summed E-state index contributed by atoms with van der Waals surface area (Å²) in [6.45, 7) is 2.06. The quantitative estimate of drug-likeness (QED) is 0.642. The highest BCUT2D eigenvalue weighted by molar-refractivity contribution is 8.93. The van der Waals surface area contributed by atoms with Gasteiger partial charge in [-0.3, -0.25) is 0 Å². The lowest BCUT2D eigenvalue weighted by molar-refractivity contribution is 1.17. The van der Waals surface area contributed by atoms with Gasteiger partial charge in [-0.2, -0.15) is 0 Å². The molecule has 92 valence electrons. The summed E-state index contributed by atoms with van der Waals surface area (Å²) in [5.74, 6) is 0. The normalized spacial score (nSPS) is 10.3. The molecule has 0 aliphatic carbocycles. The van der Waals surface area contributed by atoms with Crippen molar-refractivity contribution in [3.05, 3.63) is 59.4 Å². The number of imidazole rings is 1. The van der Waals surface area contributed by atoms with Gasteiger partial charge in [0, 0.05) is 18.0 Å². The third kappa shape index (κ3) is 2.28. The second-order valence-electron chi connectivity index (χ2n) is 4.08. The molecule has 2 heterocycles. The summed E-state index contributed by atoms with van der Waals surface area (Å²) in [5.41, 5.74) is 4.02. The smallest absolute Gasteiger partial charge is 0.137 e. The minimum absolute atomic E-state index is 0. The monoisotopic (exact) mass is 322 g/mol. The molecule has 3 rings (SSSR count). The molecule has 0 aliphatic heterocycles. The number of hydrogen-bond acceptors (Lipinski definition) is 1. The fraction of sp³-hybridized carbons (Fsp3) is 0.0714. The Morgan fingerprint density at radius 2 is 1.94 bits per heavy atom. The van der Waals surface area contributed by atoms with Crippen molar-refractivity contribution in [2.24, 2.45) is 0 Å². The average Bonchev–Trinajstić information content (AvgIpc) is 2.72. The van der Waals surface area contributed by atoms with Crippen LogP contribution in [0.1, 0.15) is 5.56 Å². The molecule has 4 heteroatoms. The maximum atomic E-state index is 6.17. The first kappa shape index (κ1) is 13.1. The van der Waals surface area contributed by atoms with Crippen LogP contribution in [-0.4, -0.2) is 9.38 Å². The summed E-state index contributed by atoms with van der Waals surface area (Å²) in [5, 5.41) is 0.729. The number of halogens is 2. The first-order chi connectivity index (χ1) is 8.24. The molecular formula is C14H12BrClN2. The summed E-state index contributed by atoms with van der Waals surface area (Å²) in [6.07, 6.45) is 4.01. The Morgan fingerprint density at radius 3 is 2.72 bits per heavy atom. The number of nitrogens with zero attached hydrogens (tertiary/aromatic N) is 2. The lowest BCUT2D eigenvalue weighted by Gasteiger charge is -1.97. The van der Waals surface area contributed by atoms with Crippen LogP contribution in [0.2, 0.25) is 5.02 Å². The molecule has 0 unspecified atom stereocenters. The van der Waals surface area contributed by atoms with Gasteiger partial charge in [0.25, 0.3) is 0 Å². The van der Waals surface area contributed by atoms with Gasteiger partial charge in [0.2, 0.25) is 0 Å². The average molecular weight is 324 g/mol. The lowest BCUT2D eigenvalue weighted by atomic mass is 10.2. The van der Waals surface area contributed by atoms with Gasteiger partial charge in [0.1, 0.15) is 5.65 Å². The van der Waals surface area contributed by atoms with E-state index in [1.165, 1.54) is 5.56 Å². The van der Waals surface area contributed by atoms with Crippen LogP contribution in [0.25, 0.3) is 16.9 Å². The third-order valence-corrected chi connectivity index (χ3v) is 3.10. The van der Waals surface area contributed by atoms with E-state index in [4.69, 9.17) is 11.6 Å². The minimum Gasteiger partial charge on any atom is -0.306 e. The molecule has 0 saturated heterocycles. The van der Waals surface area contributed by atoms with E-state index >= 15 is 0 Å². The Balaban J connectivity index is 0.00000120. The number of pyridine rings is 1. The van der Waals surface area contributed by atoms with Crippen LogP contribution in [0, 0.1) is 6.92 Å². The van der Waals surface area contributed by atoms with Crippen molar-refractivity contribution in [3.8, 4) is 11.3 Å². The Kier molecular flexibility index (Phi) is 3.73. The molecule has 2 aromatic heterocycles.